The molecule has 0 aromatic heterocycles. The number of halogens is 1. The first-order valence-electron chi connectivity index (χ1n) is 17.7. The molecule has 3 saturated heterocycles. The molecule has 1 unspecified atom stereocenters. The van der Waals surface area contributed by atoms with Gasteiger partial charge in [-0.15, -0.1) is 13.2 Å². The van der Waals surface area contributed by atoms with Crippen molar-refractivity contribution in [2.24, 2.45) is 17.8 Å². The number of fused-ring (bicyclic) bond motifs is 1. The summed E-state index contributed by atoms with van der Waals surface area (Å²) in [4.78, 5) is 59.9. The van der Waals surface area contributed by atoms with Crippen molar-refractivity contribution in [2.45, 2.75) is 94.6 Å². The molecular formula is C40H50BrN3O7. The van der Waals surface area contributed by atoms with Crippen molar-refractivity contribution in [1.29, 1.82) is 0 Å². The molecular weight excluding hydrogens is 714 g/mol. The monoisotopic (exact) mass is 763 g/mol. The number of nitrogens with zero attached hydrogens (tertiary/aromatic N) is 2. The van der Waals surface area contributed by atoms with E-state index in [1.54, 1.807) is 24.0 Å². The summed E-state index contributed by atoms with van der Waals surface area (Å²) < 4.78 is 13.1. The van der Waals surface area contributed by atoms with Crippen molar-refractivity contribution in [1.82, 2.24) is 10.2 Å². The fourth-order valence-electron chi connectivity index (χ4n) is 8.13. The maximum absolute atomic E-state index is 15.1. The zero-order valence-electron chi connectivity index (χ0n) is 30.1. The van der Waals surface area contributed by atoms with E-state index >= 15 is 4.79 Å². The third kappa shape index (κ3) is 7.17. The Balaban J connectivity index is 1.56. The molecule has 3 fully saturated rings. The van der Waals surface area contributed by atoms with Gasteiger partial charge >= 0.3 is 5.97 Å². The predicted octanol–water partition coefficient (Wildman–Crippen LogP) is 5.34. The van der Waals surface area contributed by atoms with Gasteiger partial charge < -0.3 is 29.7 Å². The number of likely N-dealkylation sites (tertiary alicyclic amines) is 1. The smallest absolute Gasteiger partial charge is 0.313 e. The lowest BCUT2D eigenvalue weighted by atomic mass is 9.70. The maximum Gasteiger partial charge on any atom is 0.313 e. The average Bonchev–Trinajstić information content (AvgIpc) is 3.69. The van der Waals surface area contributed by atoms with Gasteiger partial charge in [-0.05, 0) is 62.3 Å². The van der Waals surface area contributed by atoms with E-state index in [4.69, 9.17) is 9.47 Å². The number of hydrogen-bond donors (Lipinski definition) is 2. The van der Waals surface area contributed by atoms with Crippen LogP contribution in [0.2, 0.25) is 0 Å². The average molecular weight is 765 g/mol. The standard InChI is InChI=1S/C40H50BrN3O7/c1-8-10-16-31(46)42-26(7)34(27-14-12-11-13-15-27)50-39(49)32-33-37(47)44(30(22-45)23(3)4)36(40(33)21-28(41)35(32)51-40)38(48)43(19-9-2)29-20-24(5)17-18-25(29)6/h8-9,11-15,17-18,20,23,26,28,30,32-36,45H,1-2,10,16,19,21-22H2,3-7H3,(H,42,46)/t26-,28?,30-,32-,33+,34-,35-,36-,40+/m0/s1. The van der Waals surface area contributed by atoms with Gasteiger partial charge in [-0.25, -0.2) is 0 Å². The number of hydrogen-bond acceptors (Lipinski definition) is 7. The van der Waals surface area contributed by atoms with Crippen LogP contribution in [0.4, 0.5) is 5.69 Å². The van der Waals surface area contributed by atoms with Gasteiger partial charge in [0.15, 0.2) is 0 Å². The number of carbonyl (C=O) groups is 4. The molecule has 3 aliphatic rings. The van der Waals surface area contributed by atoms with Crippen molar-refractivity contribution in [3.8, 4) is 0 Å². The van der Waals surface area contributed by atoms with Crippen LogP contribution >= 0.6 is 15.9 Å². The van der Waals surface area contributed by atoms with E-state index in [1.807, 2.05) is 76.2 Å². The van der Waals surface area contributed by atoms with Crippen LogP contribution in [0, 0.1) is 31.6 Å². The molecule has 3 aliphatic heterocycles. The second-order valence-electron chi connectivity index (χ2n) is 14.4. The fourth-order valence-corrected chi connectivity index (χ4v) is 9.07. The highest BCUT2D eigenvalue weighted by Crippen LogP contribution is 2.61. The molecule has 51 heavy (non-hydrogen) atoms. The minimum atomic E-state index is -1.37. The van der Waals surface area contributed by atoms with E-state index in [9.17, 15) is 19.5 Å². The van der Waals surface area contributed by atoms with Gasteiger partial charge in [0, 0.05) is 23.5 Å². The number of rotatable bonds is 15. The number of amides is 3. The lowest BCUT2D eigenvalue weighted by Gasteiger charge is -2.40. The Morgan fingerprint density at radius 2 is 1.84 bits per heavy atom. The van der Waals surface area contributed by atoms with Crippen molar-refractivity contribution >= 4 is 45.3 Å². The number of aryl methyl sites for hydroxylation is 2. The van der Waals surface area contributed by atoms with E-state index in [1.165, 1.54) is 4.90 Å². The minimum absolute atomic E-state index is 0.176. The number of alkyl halides is 1. The molecule has 0 radical (unpaired) electrons. The third-order valence-corrected chi connectivity index (χ3v) is 11.4. The van der Waals surface area contributed by atoms with Gasteiger partial charge in [0.05, 0.1) is 36.6 Å². The molecule has 3 heterocycles. The molecule has 274 valence electrons. The Bertz CT molecular complexity index is 1650. The van der Waals surface area contributed by atoms with Crippen LogP contribution in [0.1, 0.15) is 62.8 Å². The molecule has 0 aliphatic carbocycles. The molecule has 5 rings (SSSR count). The molecule has 9 atom stereocenters. The van der Waals surface area contributed by atoms with Crippen LogP contribution in [0.25, 0.3) is 0 Å². The number of esters is 1. The van der Waals surface area contributed by atoms with Crippen molar-refractivity contribution in [3.05, 3.63) is 90.5 Å². The summed E-state index contributed by atoms with van der Waals surface area (Å²) in [6, 6.07) is 12.5. The zero-order valence-corrected chi connectivity index (χ0v) is 31.7. The highest BCUT2D eigenvalue weighted by atomic mass is 79.9. The first kappa shape index (κ1) is 38.4. The Labute approximate surface area is 309 Å². The second kappa shape index (κ2) is 15.8. The highest BCUT2D eigenvalue weighted by Gasteiger charge is 2.78. The number of aliphatic hydroxyl groups is 1. The SMILES string of the molecule is C=CCCC(=O)N[C@@H](C)[C@H](OC(=O)[C@@H]1[C@H]2O[C@@]3(CC2Br)[C@H](C(=O)N(CC=C)c2cc(C)ccc2C)N([C@@H](CO)C(C)C)C(=O)[C@@H]13)c1ccccc1. The molecule has 3 amide bonds. The van der Waals surface area contributed by atoms with E-state index in [0.717, 1.165) is 11.1 Å². The number of anilines is 1. The molecule has 10 nitrogen and oxygen atoms in total. The van der Waals surface area contributed by atoms with Gasteiger partial charge in [0.1, 0.15) is 17.7 Å². The quantitative estimate of drug-likeness (QED) is 0.143. The van der Waals surface area contributed by atoms with Crippen LogP contribution < -0.4 is 10.2 Å². The van der Waals surface area contributed by atoms with Crippen LogP contribution in [0.15, 0.2) is 73.8 Å². The van der Waals surface area contributed by atoms with Crippen LogP contribution in [-0.4, -0.2) is 81.5 Å². The van der Waals surface area contributed by atoms with Crippen molar-refractivity contribution in [2.75, 3.05) is 18.1 Å². The summed E-state index contributed by atoms with van der Waals surface area (Å²) in [6.45, 7) is 16.8. The largest absolute Gasteiger partial charge is 0.455 e. The molecule has 2 aromatic rings. The molecule has 1 spiro atoms. The first-order chi connectivity index (χ1) is 24.3. The van der Waals surface area contributed by atoms with E-state index in [0.29, 0.717) is 24.1 Å². The maximum atomic E-state index is 15.1. The topological polar surface area (TPSA) is 125 Å². The van der Waals surface area contributed by atoms with Gasteiger partial charge in [0.25, 0.3) is 5.91 Å². The Morgan fingerprint density at radius 3 is 2.47 bits per heavy atom. The van der Waals surface area contributed by atoms with Gasteiger partial charge in [-0.2, -0.15) is 0 Å². The lowest BCUT2D eigenvalue weighted by molar-refractivity contribution is -0.162. The molecule has 0 saturated carbocycles. The summed E-state index contributed by atoms with van der Waals surface area (Å²) in [7, 11) is 0. The van der Waals surface area contributed by atoms with Crippen molar-refractivity contribution < 1.29 is 33.8 Å². The van der Waals surface area contributed by atoms with Crippen molar-refractivity contribution in [3.63, 3.8) is 0 Å². The number of nitrogens with one attached hydrogen (secondary N) is 1. The predicted molar refractivity (Wildman–Crippen MR) is 199 cm³/mol. The molecule has 2 N–H and O–H groups in total. The summed E-state index contributed by atoms with van der Waals surface area (Å²) in [5.41, 5.74) is 1.83. The van der Waals surface area contributed by atoms with Crippen LogP contribution in [0.3, 0.4) is 0 Å². The second-order valence-corrected chi connectivity index (χ2v) is 15.6. The Kier molecular flexibility index (Phi) is 11.9. The van der Waals surface area contributed by atoms with Crippen LogP contribution in [-0.2, 0) is 28.7 Å². The number of ether oxygens (including phenoxy) is 2. The minimum Gasteiger partial charge on any atom is -0.455 e. The van der Waals surface area contributed by atoms with E-state index in [2.05, 4.69) is 34.4 Å². The van der Waals surface area contributed by atoms with Gasteiger partial charge in [0.2, 0.25) is 11.8 Å². The molecule has 11 heteroatoms. The number of allylic oxidation sites excluding steroid dienone is 1. The molecule has 2 bridgehead atoms. The molecule has 2 aromatic carbocycles. The fraction of sp³-hybridized carbons (Fsp3) is 0.500. The zero-order chi connectivity index (χ0) is 37.2. The normalized spacial score (nSPS) is 26.7. The summed E-state index contributed by atoms with van der Waals surface area (Å²) in [5, 5.41) is 13.6. The first-order valence-corrected chi connectivity index (χ1v) is 18.6. The lowest BCUT2D eigenvalue weighted by Crippen LogP contribution is -2.60. The highest BCUT2D eigenvalue weighted by molar-refractivity contribution is 9.09. The Hall–Kier alpha value is -3.80. The summed E-state index contributed by atoms with van der Waals surface area (Å²) in [6.07, 6.45) is 2.73. The summed E-state index contributed by atoms with van der Waals surface area (Å²) in [5.74, 6) is -3.96. The van der Waals surface area contributed by atoms with Crippen LogP contribution in [0.5, 0.6) is 0 Å². The van der Waals surface area contributed by atoms with Gasteiger partial charge in [-0.3, -0.25) is 19.2 Å². The van der Waals surface area contributed by atoms with E-state index in [-0.39, 0.29) is 42.1 Å². The Morgan fingerprint density at radius 1 is 1.14 bits per heavy atom. The third-order valence-electron chi connectivity index (χ3n) is 10.6. The van der Waals surface area contributed by atoms with Gasteiger partial charge in [-0.1, -0.05) is 84.4 Å². The number of carbonyl (C=O) groups excluding carboxylic acids is 4. The summed E-state index contributed by atoms with van der Waals surface area (Å²) >= 11 is 3.75. The van der Waals surface area contributed by atoms with E-state index < -0.39 is 59.6 Å². The number of benzene rings is 2. The number of aliphatic hydroxyl groups excluding tert-OH is 1.